The van der Waals surface area contributed by atoms with Crippen molar-refractivity contribution in [1.82, 2.24) is 0 Å². The minimum Gasteiger partial charge on any atom is -0.398 e. The van der Waals surface area contributed by atoms with Crippen LogP contribution in [0, 0.1) is 0 Å². The Kier molecular flexibility index (Phi) is 2.32. The van der Waals surface area contributed by atoms with E-state index < -0.39 is 15.7 Å². The summed E-state index contributed by atoms with van der Waals surface area (Å²) in [5.41, 5.74) is 5.68. The van der Waals surface area contributed by atoms with Gasteiger partial charge in [-0.15, -0.1) is 0 Å². The molecule has 0 unspecified atom stereocenters. The van der Waals surface area contributed by atoms with Crippen LogP contribution in [0.5, 0.6) is 0 Å². The van der Waals surface area contributed by atoms with Crippen LogP contribution in [-0.2, 0) is 14.3 Å². The molecule has 86 valence electrons. The molecule has 1 aromatic rings. The fourth-order valence-electron chi connectivity index (χ4n) is 1.66. The van der Waals surface area contributed by atoms with Gasteiger partial charge < -0.3 is 5.73 Å². The fraction of sp³-hybridized carbons (Fsp3) is 0.273. The second-order valence-corrected chi connectivity index (χ2v) is 5.64. The van der Waals surface area contributed by atoms with Crippen LogP contribution in [0.2, 0.25) is 0 Å². The van der Waals surface area contributed by atoms with Gasteiger partial charge in [-0.2, -0.15) is 8.42 Å². The van der Waals surface area contributed by atoms with E-state index in [2.05, 4.69) is 0 Å². The number of rotatable bonds is 1. The minimum atomic E-state index is -3.74. The average Bonchev–Trinajstić information content (AvgIpc) is 2.33. The highest BCUT2D eigenvalue weighted by Gasteiger charge is 2.43. The number of nitrogens with two attached hydrogens (primary N) is 1. The first-order valence-electron chi connectivity index (χ1n) is 4.86. The van der Waals surface area contributed by atoms with E-state index in [1.807, 2.05) is 6.07 Å². The summed E-state index contributed by atoms with van der Waals surface area (Å²) < 4.78 is 28.6. The normalized spacial score (nSPS) is 22.4. The summed E-state index contributed by atoms with van der Waals surface area (Å²) >= 11 is 0. The van der Waals surface area contributed by atoms with Crippen molar-refractivity contribution < 1.29 is 12.6 Å². The van der Waals surface area contributed by atoms with Crippen LogP contribution in [-0.4, -0.2) is 14.0 Å². The van der Waals surface area contributed by atoms with Crippen LogP contribution in [0.1, 0.15) is 19.4 Å². The van der Waals surface area contributed by atoms with Crippen LogP contribution < -0.4 is 5.73 Å². The zero-order valence-electron chi connectivity index (χ0n) is 9.10. The predicted octanol–water partition coefficient (Wildman–Crippen LogP) is 1.45. The lowest BCUT2D eigenvalue weighted by molar-refractivity contribution is 0.170. The first kappa shape index (κ1) is 11.2. The van der Waals surface area contributed by atoms with E-state index in [4.69, 9.17) is 9.92 Å². The summed E-state index contributed by atoms with van der Waals surface area (Å²) in [6.45, 7) is 3.27. The molecule has 0 atom stereocenters. The maximum atomic E-state index is 11.8. The van der Waals surface area contributed by atoms with Crippen LogP contribution >= 0.6 is 0 Å². The Morgan fingerprint density at radius 3 is 2.19 bits per heavy atom. The lowest BCUT2D eigenvalue weighted by Gasteiger charge is -2.15. The van der Waals surface area contributed by atoms with Gasteiger partial charge in [0.25, 0.3) is 10.1 Å². The average molecular weight is 239 g/mol. The molecule has 2 N–H and O–H groups in total. The Balaban J connectivity index is 2.68. The lowest BCUT2D eigenvalue weighted by Crippen LogP contribution is -2.27. The van der Waals surface area contributed by atoms with E-state index in [1.165, 1.54) is 0 Å². The maximum absolute atomic E-state index is 11.8. The Morgan fingerprint density at radius 2 is 1.75 bits per heavy atom. The van der Waals surface area contributed by atoms with Gasteiger partial charge in [-0.05, 0) is 19.4 Å². The van der Waals surface area contributed by atoms with Crippen molar-refractivity contribution in [2.24, 2.45) is 5.73 Å². The molecule has 1 aromatic carbocycles. The molecule has 0 saturated carbocycles. The molecule has 5 heteroatoms. The van der Waals surface area contributed by atoms with E-state index >= 15 is 0 Å². The largest absolute Gasteiger partial charge is 0.398 e. The standard InChI is InChI=1S/C11H13NO3S/c1-11(2)10(12)9(16(13,14)15-11)8-6-4-3-5-7-8/h3-7H,12H2,1-2H3. The van der Waals surface area contributed by atoms with Crippen molar-refractivity contribution in [2.75, 3.05) is 0 Å². The minimum absolute atomic E-state index is 0.0816. The predicted molar refractivity (Wildman–Crippen MR) is 61.6 cm³/mol. The SMILES string of the molecule is CC1(C)OS(=O)(=O)C(c2ccccc2)=C1N. The number of hydrogen-bond donors (Lipinski definition) is 1. The molecule has 1 aliphatic rings. The van der Waals surface area contributed by atoms with Gasteiger partial charge >= 0.3 is 0 Å². The van der Waals surface area contributed by atoms with Gasteiger partial charge in [0.15, 0.2) is 0 Å². The van der Waals surface area contributed by atoms with Crippen molar-refractivity contribution in [1.29, 1.82) is 0 Å². The van der Waals surface area contributed by atoms with Gasteiger partial charge in [0.2, 0.25) is 0 Å². The van der Waals surface area contributed by atoms with Crippen LogP contribution in [0.3, 0.4) is 0 Å². The van der Waals surface area contributed by atoms with Gasteiger partial charge in [0.1, 0.15) is 10.5 Å². The molecular weight excluding hydrogens is 226 g/mol. The lowest BCUT2D eigenvalue weighted by atomic mass is 10.0. The van der Waals surface area contributed by atoms with Gasteiger partial charge in [-0.3, -0.25) is 4.18 Å². The maximum Gasteiger partial charge on any atom is 0.300 e. The summed E-state index contributed by atoms with van der Waals surface area (Å²) in [4.78, 5) is 0.0816. The van der Waals surface area contributed by atoms with Crippen LogP contribution in [0.25, 0.3) is 4.91 Å². The first-order valence-corrected chi connectivity index (χ1v) is 6.27. The molecule has 0 radical (unpaired) electrons. The molecule has 0 aromatic heterocycles. The van der Waals surface area contributed by atoms with Crippen LogP contribution in [0.4, 0.5) is 0 Å². The summed E-state index contributed by atoms with van der Waals surface area (Å²) in [5, 5.41) is 0. The van der Waals surface area contributed by atoms with Crippen molar-refractivity contribution in [3.8, 4) is 0 Å². The zero-order valence-corrected chi connectivity index (χ0v) is 9.91. The molecule has 0 aliphatic carbocycles. The fourth-order valence-corrected chi connectivity index (χ4v) is 3.32. The molecule has 0 spiro atoms. The summed E-state index contributed by atoms with van der Waals surface area (Å²) in [6, 6.07) is 8.73. The van der Waals surface area contributed by atoms with E-state index in [0.717, 1.165) is 0 Å². The molecule has 0 saturated heterocycles. The summed E-state index contributed by atoms with van der Waals surface area (Å²) in [7, 11) is -3.74. The van der Waals surface area contributed by atoms with Crippen molar-refractivity contribution in [2.45, 2.75) is 19.4 Å². The molecule has 0 amide bonds. The topological polar surface area (TPSA) is 69.4 Å². The molecule has 1 aliphatic heterocycles. The zero-order chi connectivity index (χ0) is 12.0. The third-order valence-electron chi connectivity index (χ3n) is 2.50. The van der Waals surface area contributed by atoms with E-state index in [9.17, 15) is 8.42 Å². The Hall–Kier alpha value is -1.33. The van der Waals surface area contributed by atoms with Gasteiger partial charge in [0.05, 0.1) is 5.70 Å². The molecule has 0 bridgehead atoms. The first-order chi connectivity index (χ1) is 7.34. The van der Waals surface area contributed by atoms with Gasteiger partial charge in [-0.1, -0.05) is 30.3 Å². The van der Waals surface area contributed by atoms with Crippen LogP contribution in [0.15, 0.2) is 36.0 Å². The second kappa shape index (κ2) is 3.33. The molecular formula is C11H13NO3S. The highest BCUT2D eigenvalue weighted by Crippen LogP contribution is 2.39. The summed E-state index contributed by atoms with van der Waals surface area (Å²) in [5.74, 6) is 0. The second-order valence-electron chi connectivity index (χ2n) is 4.16. The smallest absolute Gasteiger partial charge is 0.300 e. The van der Waals surface area contributed by atoms with Crippen molar-refractivity contribution >= 4 is 15.0 Å². The van der Waals surface area contributed by atoms with Crippen molar-refractivity contribution in [3.63, 3.8) is 0 Å². The quantitative estimate of drug-likeness (QED) is 0.753. The van der Waals surface area contributed by atoms with E-state index in [0.29, 0.717) is 5.56 Å². The highest BCUT2D eigenvalue weighted by atomic mass is 32.2. The Labute approximate surface area is 94.8 Å². The van der Waals surface area contributed by atoms with Gasteiger partial charge in [0, 0.05) is 0 Å². The Bertz CT molecular complexity index is 544. The van der Waals surface area contributed by atoms with Crippen molar-refractivity contribution in [3.05, 3.63) is 41.6 Å². The van der Waals surface area contributed by atoms with E-state index in [1.54, 1.807) is 38.1 Å². The number of hydrogen-bond acceptors (Lipinski definition) is 4. The van der Waals surface area contributed by atoms with Gasteiger partial charge in [-0.25, -0.2) is 0 Å². The van der Waals surface area contributed by atoms with E-state index in [-0.39, 0.29) is 10.6 Å². The molecule has 4 nitrogen and oxygen atoms in total. The third-order valence-corrected chi connectivity index (χ3v) is 4.09. The molecule has 0 fully saturated rings. The summed E-state index contributed by atoms with van der Waals surface area (Å²) in [6.07, 6.45) is 0. The monoisotopic (exact) mass is 239 g/mol. The number of benzene rings is 1. The molecule has 2 rings (SSSR count). The Morgan fingerprint density at radius 1 is 1.19 bits per heavy atom. The third kappa shape index (κ3) is 1.62. The highest BCUT2D eigenvalue weighted by molar-refractivity contribution is 7.96. The molecule has 1 heterocycles. The molecule has 16 heavy (non-hydrogen) atoms.